The summed E-state index contributed by atoms with van der Waals surface area (Å²) >= 11 is 5.78. The lowest BCUT2D eigenvalue weighted by Gasteiger charge is -2.36. The monoisotopic (exact) mass is 298 g/mol. The fourth-order valence-electron chi connectivity index (χ4n) is 3.25. The van der Waals surface area contributed by atoms with Crippen LogP contribution in [-0.4, -0.2) is 11.1 Å². The third-order valence-corrected chi connectivity index (χ3v) is 4.75. The number of hydrogen-bond donors (Lipinski definition) is 1. The van der Waals surface area contributed by atoms with E-state index in [0.717, 1.165) is 12.8 Å². The van der Waals surface area contributed by atoms with Crippen LogP contribution < -0.4 is 0 Å². The zero-order valence-corrected chi connectivity index (χ0v) is 12.5. The maximum atomic E-state index is 14.1. The predicted octanol–water partition coefficient (Wildman–Crippen LogP) is 4.72. The van der Waals surface area contributed by atoms with E-state index in [-0.39, 0.29) is 5.92 Å². The number of carboxylic acid groups (broad SMARTS) is 1. The van der Waals surface area contributed by atoms with Gasteiger partial charge in [0.2, 0.25) is 0 Å². The highest BCUT2D eigenvalue weighted by Crippen LogP contribution is 2.44. The van der Waals surface area contributed by atoms with Gasteiger partial charge in [-0.05, 0) is 48.8 Å². The molecular weight excluding hydrogens is 279 g/mol. The van der Waals surface area contributed by atoms with Gasteiger partial charge in [0.15, 0.2) is 0 Å². The molecule has 0 amide bonds. The summed E-state index contributed by atoms with van der Waals surface area (Å²) in [5.41, 5.74) is 0.493. The molecule has 1 saturated carbocycles. The zero-order chi connectivity index (χ0) is 14.9. The van der Waals surface area contributed by atoms with Gasteiger partial charge in [-0.1, -0.05) is 31.5 Å². The Bertz CT molecular complexity index is 501. The molecule has 3 unspecified atom stereocenters. The lowest BCUT2D eigenvalue weighted by atomic mass is 9.68. The van der Waals surface area contributed by atoms with Crippen molar-refractivity contribution in [3.8, 4) is 0 Å². The summed E-state index contributed by atoms with van der Waals surface area (Å²) in [6.07, 6.45) is 2.25. The SMILES string of the molecule is CC(C)C1CCC(C(=O)O)C(c2ccc(Cl)cc2F)C1. The van der Waals surface area contributed by atoms with Crippen molar-refractivity contribution in [3.05, 3.63) is 34.6 Å². The maximum absolute atomic E-state index is 14.1. The summed E-state index contributed by atoms with van der Waals surface area (Å²) in [5.74, 6) is -1.04. The van der Waals surface area contributed by atoms with Crippen molar-refractivity contribution >= 4 is 17.6 Å². The molecule has 0 heterocycles. The first kappa shape index (κ1) is 15.3. The van der Waals surface area contributed by atoms with Gasteiger partial charge in [0.1, 0.15) is 5.82 Å². The second-order valence-electron chi connectivity index (χ2n) is 6.03. The maximum Gasteiger partial charge on any atom is 0.307 e. The number of carboxylic acids is 1. The molecule has 4 heteroatoms. The molecule has 0 bridgehead atoms. The summed E-state index contributed by atoms with van der Waals surface area (Å²) in [4.78, 5) is 11.4. The zero-order valence-electron chi connectivity index (χ0n) is 11.8. The lowest BCUT2D eigenvalue weighted by molar-refractivity contribution is -0.144. The Kier molecular flexibility index (Phi) is 4.69. The van der Waals surface area contributed by atoms with E-state index < -0.39 is 17.7 Å². The summed E-state index contributed by atoms with van der Waals surface area (Å²) < 4.78 is 14.1. The average molecular weight is 299 g/mol. The summed E-state index contributed by atoms with van der Waals surface area (Å²) in [6.45, 7) is 4.28. The normalized spacial score (nSPS) is 26.8. The lowest BCUT2D eigenvalue weighted by Crippen LogP contribution is -2.31. The Morgan fingerprint density at radius 2 is 2.10 bits per heavy atom. The fraction of sp³-hybridized carbons (Fsp3) is 0.562. The van der Waals surface area contributed by atoms with Crippen LogP contribution in [0.25, 0.3) is 0 Å². The number of aliphatic carboxylic acids is 1. The standard InChI is InChI=1S/C16H20ClFO2/c1-9(2)10-3-5-13(16(19)20)14(7-10)12-6-4-11(17)8-15(12)18/h4,6,8-10,13-14H,3,5,7H2,1-2H3,(H,19,20). The number of carbonyl (C=O) groups is 1. The van der Waals surface area contributed by atoms with Crippen LogP contribution in [0.15, 0.2) is 18.2 Å². The summed E-state index contributed by atoms with van der Waals surface area (Å²) in [5, 5.41) is 9.73. The van der Waals surface area contributed by atoms with E-state index in [1.165, 1.54) is 6.07 Å². The van der Waals surface area contributed by atoms with Gasteiger partial charge >= 0.3 is 5.97 Å². The van der Waals surface area contributed by atoms with Crippen LogP contribution in [0.1, 0.15) is 44.6 Å². The van der Waals surface area contributed by atoms with Crippen LogP contribution >= 0.6 is 11.6 Å². The second-order valence-corrected chi connectivity index (χ2v) is 6.47. The summed E-state index contributed by atoms with van der Waals surface area (Å²) in [7, 11) is 0. The van der Waals surface area contributed by atoms with Gasteiger partial charge in [-0.3, -0.25) is 4.79 Å². The molecule has 1 aliphatic carbocycles. The Morgan fingerprint density at radius 1 is 1.40 bits per heavy atom. The van der Waals surface area contributed by atoms with Crippen LogP contribution in [0.2, 0.25) is 5.02 Å². The molecule has 1 aromatic rings. The first-order valence-electron chi connectivity index (χ1n) is 7.08. The molecule has 1 fully saturated rings. The smallest absolute Gasteiger partial charge is 0.307 e. The quantitative estimate of drug-likeness (QED) is 0.876. The van der Waals surface area contributed by atoms with Crippen molar-refractivity contribution < 1.29 is 14.3 Å². The van der Waals surface area contributed by atoms with Crippen molar-refractivity contribution in [2.24, 2.45) is 17.8 Å². The van der Waals surface area contributed by atoms with E-state index in [1.807, 2.05) is 0 Å². The van der Waals surface area contributed by atoms with Crippen LogP contribution in [0.4, 0.5) is 4.39 Å². The first-order chi connectivity index (χ1) is 9.40. The highest BCUT2D eigenvalue weighted by Gasteiger charge is 2.37. The van der Waals surface area contributed by atoms with Crippen LogP contribution in [0, 0.1) is 23.6 Å². The predicted molar refractivity (Wildman–Crippen MR) is 77.5 cm³/mol. The van der Waals surface area contributed by atoms with Crippen molar-refractivity contribution in [1.82, 2.24) is 0 Å². The molecule has 20 heavy (non-hydrogen) atoms. The molecule has 1 aliphatic rings. The minimum atomic E-state index is -0.827. The number of rotatable bonds is 3. The number of benzene rings is 1. The molecule has 2 nitrogen and oxygen atoms in total. The van der Waals surface area contributed by atoms with Crippen molar-refractivity contribution in [3.63, 3.8) is 0 Å². The van der Waals surface area contributed by atoms with Crippen molar-refractivity contribution in [1.29, 1.82) is 0 Å². The van der Waals surface area contributed by atoms with Crippen molar-refractivity contribution in [2.75, 3.05) is 0 Å². The van der Waals surface area contributed by atoms with Gasteiger partial charge in [0.25, 0.3) is 0 Å². The molecule has 1 aromatic carbocycles. The average Bonchev–Trinajstić information content (AvgIpc) is 2.37. The Labute approximate surface area is 123 Å². The van der Waals surface area contributed by atoms with Gasteiger partial charge in [0, 0.05) is 10.9 Å². The molecule has 2 rings (SSSR count). The van der Waals surface area contributed by atoms with Gasteiger partial charge in [-0.25, -0.2) is 4.39 Å². The summed E-state index contributed by atoms with van der Waals surface area (Å²) in [6, 6.07) is 4.55. The molecule has 0 aromatic heterocycles. The number of hydrogen-bond acceptors (Lipinski definition) is 1. The topological polar surface area (TPSA) is 37.3 Å². The van der Waals surface area contributed by atoms with E-state index in [1.54, 1.807) is 12.1 Å². The van der Waals surface area contributed by atoms with E-state index >= 15 is 0 Å². The second kappa shape index (κ2) is 6.13. The van der Waals surface area contributed by atoms with Crippen LogP contribution in [-0.2, 0) is 4.79 Å². The third kappa shape index (κ3) is 3.14. The Morgan fingerprint density at radius 3 is 2.65 bits per heavy atom. The molecule has 110 valence electrons. The van der Waals surface area contributed by atoms with E-state index in [9.17, 15) is 14.3 Å². The highest BCUT2D eigenvalue weighted by atomic mass is 35.5. The molecule has 0 saturated heterocycles. The van der Waals surface area contributed by atoms with E-state index in [0.29, 0.717) is 28.8 Å². The fourth-order valence-corrected chi connectivity index (χ4v) is 3.41. The van der Waals surface area contributed by atoms with Gasteiger partial charge in [-0.15, -0.1) is 0 Å². The Balaban J connectivity index is 2.33. The first-order valence-corrected chi connectivity index (χ1v) is 7.45. The van der Waals surface area contributed by atoms with Gasteiger partial charge < -0.3 is 5.11 Å². The Hall–Kier alpha value is -1.09. The van der Waals surface area contributed by atoms with Crippen LogP contribution in [0.5, 0.6) is 0 Å². The van der Waals surface area contributed by atoms with Crippen LogP contribution in [0.3, 0.4) is 0 Å². The molecule has 1 N–H and O–H groups in total. The molecular formula is C16H20ClFO2. The highest BCUT2D eigenvalue weighted by molar-refractivity contribution is 6.30. The molecule has 0 spiro atoms. The molecule has 3 atom stereocenters. The molecule has 0 radical (unpaired) electrons. The van der Waals surface area contributed by atoms with Crippen molar-refractivity contribution in [2.45, 2.75) is 39.0 Å². The van der Waals surface area contributed by atoms with Gasteiger partial charge in [0.05, 0.1) is 5.92 Å². The van der Waals surface area contributed by atoms with E-state index in [4.69, 9.17) is 11.6 Å². The number of halogens is 2. The van der Waals surface area contributed by atoms with E-state index in [2.05, 4.69) is 13.8 Å². The third-order valence-electron chi connectivity index (χ3n) is 4.51. The largest absolute Gasteiger partial charge is 0.481 e. The van der Waals surface area contributed by atoms with Gasteiger partial charge in [-0.2, -0.15) is 0 Å². The minimum Gasteiger partial charge on any atom is -0.481 e. The molecule has 0 aliphatic heterocycles. The minimum absolute atomic E-state index is 0.258.